The first-order valence-electron chi connectivity index (χ1n) is 5.57. The molecule has 0 unspecified atom stereocenters. The van der Waals surface area contributed by atoms with Crippen LogP contribution in [-0.2, 0) is 13.0 Å². The van der Waals surface area contributed by atoms with Gasteiger partial charge in [0.15, 0.2) is 5.75 Å². The molecule has 1 aromatic heterocycles. The third kappa shape index (κ3) is 2.86. The van der Waals surface area contributed by atoms with Crippen LogP contribution in [0.25, 0.3) is 0 Å². The predicted octanol–water partition coefficient (Wildman–Crippen LogP) is 2.52. The average Bonchev–Trinajstić information content (AvgIpc) is 2.78. The van der Waals surface area contributed by atoms with Crippen LogP contribution >= 0.6 is 0 Å². The molecule has 0 bridgehead atoms. The quantitative estimate of drug-likeness (QED) is 0.768. The maximum absolute atomic E-state index is 5.61. The monoisotopic (exact) mass is 216 g/mol. The van der Waals surface area contributed by atoms with Gasteiger partial charge in [-0.2, -0.15) is 5.10 Å². The van der Waals surface area contributed by atoms with Crippen molar-refractivity contribution in [1.29, 1.82) is 0 Å². The van der Waals surface area contributed by atoms with Gasteiger partial charge in [0.2, 0.25) is 0 Å². The normalized spacial score (nSPS) is 10.3. The van der Waals surface area contributed by atoms with Gasteiger partial charge in [-0.15, -0.1) is 0 Å². The number of nitrogens with zero attached hydrogens (tertiary/aromatic N) is 2. The highest BCUT2D eigenvalue weighted by Gasteiger charge is 1.98. The van der Waals surface area contributed by atoms with Crippen LogP contribution in [0.3, 0.4) is 0 Å². The zero-order chi connectivity index (χ0) is 11.2. The summed E-state index contributed by atoms with van der Waals surface area (Å²) in [6, 6.07) is 10.3. The molecule has 16 heavy (non-hydrogen) atoms. The van der Waals surface area contributed by atoms with E-state index in [1.165, 1.54) is 5.56 Å². The van der Waals surface area contributed by atoms with Crippen molar-refractivity contribution in [2.24, 2.45) is 0 Å². The minimum Gasteiger partial charge on any atom is -0.490 e. The number of hydrogen-bond donors (Lipinski definition) is 0. The first-order chi connectivity index (χ1) is 7.88. The van der Waals surface area contributed by atoms with Gasteiger partial charge in [0.05, 0.1) is 19.0 Å². The zero-order valence-electron chi connectivity index (χ0n) is 9.47. The van der Waals surface area contributed by atoms with Crippen molar-refractivity contribution >= 4 is 0 Å². The van der Waals surface area contributed by atoms with Crippen LogP contribution in [0, 0.1) is 0 Å². The molecule has 0 aliphatic rings. The Morgan fingerprint density at radius 2 is 2.06 bits per heavy atom. The van der Waals surface area contributed by atoms with Gasteiger partial charge in [-0.1, -0.05) is 30.3 Å². The van der Waals surface area contributed by atoms with Crippen molar-refractivity contribution in [3.05, 3.63) is 48.3 Å². The molecule has 0 N–H and O–H groups in total. The number of aryl methyl sites for hydroxylation is 1. The van der Waals surface area contributed by atoms with Crippen LogP contribution in [0.5, 0.6) is 5.75 Å². The Kier molecular flexibility index (Phi) is 3.59. The van der Waals surface area contributed by atoms with Gasteiger partial charge in [-0.25, -0.2) is 0 Å². The summed E-state index contributed by atoms with van der Waals surface area (Å²) in [4.78, 5) is 0. The minimum absolute atomic E-state index is 0.694. The fourth-order valence-corrected chi connectivity index (χ4v) is 1.52. The highest BCUT2D eigenvalue weighted by Crippen LogP contribution is 2.09. The molecule has 2 aromatic rings. The van der Waals surface area contributed by atoms with E-state index in [0.717, 1.165) is 18.7 Å². The van der Waals surface area contributed by atoms with Crippen molar-refractivity contribution in [2.75, 3.05) is 6.61 Å². The molecular formula is C13H16N2O. The molecule has 1 heterocycles. The summed E-state index contributed by atoms with van der Waals surface area (Å²) in [5, 5.41) is 4.15. The fourth-order valence-electron chi connectivity index (χ4n) is 1.52. The van der Waals surface area contributed by atoms with E-state index >= 15 is 0 Å². The van der Waals surface area contributed by atoms with Crippen LogP contribution in [-0.4, -0.2) is 16.4 Å². The maximum Gasteiger partial charge on any atom is 0.157 e. The Bertz CT molecular complexity index is 423. The molecule has 1 aromatic carbocycles. The van der Waals surface area contributed by atoms with Crippen LogP contribution in [0.1, 0.15) is 12.5 Å². The van der Waals surface area contributed by atoms with Crippen molar-refractivity contribution < 1.29 is 4.74 Å². The average molecular weight is 216 g/mol. The summed E-state index contributed by atoms with van der Waals surface area (Å²) in [6.45, 7) is 3.63. The SMILES string of the molecule is CCn1cc(OCCc2ccccc2)cn1. The molecule has 0 aliphatic heterocycles. The topological polar surface area (TPSA) is 27.1 Å². The third-order valence-electron chi connectivity index (χ3n) is 2.44. The highest BCUT2D eigenvalue weighted by molar-refractivity contribution is 5.16. The molecule has 2 rings (SSSR count). The van der Waals surface area contributed by atoms with Gasteiger partial charge < -0.3 is 4.74 Å². The van der Waals surface area contributed by atoms with E-state index in [9.17, 15) is 0 Å². The standard InChI is InChI=1S/C13H16N2O/c1-2-15-11-13(10-14-15)16-9-8-12-6-4-3-5-7-12/h3-7,10-11H,2,8-9H2,1H3. The van der Waals surface area contributed by atoms with Crippen LogP contribution in [0.2, 0.25) is 0 Å². The molecule has 0 amide bonds. The molecule has 84 valence electrons. The van der Waals surface area contributed by atoms with E-state index in [1.54, 1.807) is 6.20 Å². The largest absolute Gasteiger partial charge is 0.490 e. The van der Waals surface area contributed by atoms with E-state index in [0.29, 0.717) is 6.61 Å². The van der Waals surface area contributed by atoms with E-state index in [4.69, 9.17) is 4.74 Å². The summed E-state index contributed by atoms with van der Waals surface area (Å²) in [7, 11) is 0. The first-order valence-corrected chi connectivity index (χ1v) is 5.57. The van der Waals surface area contributed by atoms with Crippen LogP contribution in [0.4, 0.5) is 0 Å². The summed E-state index contributed by atoms with van der Waals surface area (Å²) in [5.41, 5.74) is 1.30. The number of hydrogen-bond acceptors (Lipinski definition) is 2. The maximum atomic E-state index is 5.61. The highest BCUT2D eigenvalue weighted by atomic mass is 16.5. The van der Waals surface area contributed by atoms with E-state index in [-0.39, 0.29) is 0 Å². The molecule has 0 saturated heterocycles. The lowest BCUT2D eigenvalue weighted by Gasteiger charge is -2.02. The lowest BCUT2D eigenvalue weighted by atomic mass is 10.2. The molecule has 0 aliphatic carbocycles. The summed E-state index contributed by atoms with van der Waals surface area (Å²) in [6.07, 6.45) is 4.61. The summed E-state index contributed by atoms with van der Waals surface area (Å²) >= 11 is 0. The zero-order valence-corrected chi connectivity index (χ0v) is 9.47. The Morgan fingerprint density at radius 1 is 1.25 bits per heavy atom. The second kappa shape index (κ2) is 5.35. The van der Waals surface area contributed by atoms with E-state index in [2.05, 4.69) is 24.2 Å². The lowest BCUT2D eigenvalue weighted by Crippen LogP contribution is -2.00. The van der Waals surface area contributed by atoms with Gasteiger partial charge in [0.1, 0.15) is 0 Å². The van der Waals surface area contributed by atoms with E-state index < -0.39 is 0 Å². The molecule has 3 heteroatoms. The van der Waals surface area contributed by atoms with Gasteiger partial charge in [0, 0.05) is 13.0 Å². The summed E-state index contributed by atoms with van der Waals surface area (Å²) in [5.74, 6) is 0.845. The molecule has 0 saturated carbocycles. The second-order valence-corrected chi connectivity index (χ2v) is 3.62. The summed E-state index contributed by atoms with van der Waals surface area (Å²) < 4.78 is 7.47. The van der Waals surface area contributed by atoms with Crippen molar-refractivity contribution in [2.45, 2.75) is 19.9 Å². The molecule has 0 fully saturated rings. The number of benzene rings is 1. The van der Waals surface area contributed by atoms with Gasteiger partial charge in [-0.3, -0.25) is 4.68 Å². The molecular weight excluding hydrogens is 200 g/mol. The third-order valence-corrected chi connectivity index (χ3v) is 2.44. The van der Waals surface area contributed by atoms with Crippen molar-refractivity contribution in [3.63, 3.8) is 0 Å². The van der Waals surface area contributed by atoms with E-state index in [1.807, 2.05) is 29.1 Å². The molecule has 0 atom stereocenters. The Labute approximate surface area is 95.7 Å². The van der Waals surface area contributed by atoms with Gasteiger partial charge >= 0.3 is 0 Å². The lowest BCUT2D eigenvalue weighted by molar-refractivity contribution is 0.321. The number of aromatic nitrogens is 2. The van der Waals surface area contributed by atoms with Crippen LogP contribution < -0.4 is 4.74 Å². The van der Waals surface area contributed by atoms with Crippen molar-refractivity contribution in [1.82, 2.24) is 9.78 Å². The Morgan fingerprint density at radius 3 is 2.75 bits per heavy atom. The van der Waals surface area contributed by atoms with Crippen molar-refractivity contribution in [3.8, 4) is 5.75 Å². The van der Waals surface area contributed by atoms with Crippen LogP contribution in [0.15, 0.2) is 42.7 Å². The predicted molar refractivity (Wildman–Crippen MR) is 63.5 cm³/mol. The fraction of sp³-hybridized carbons (Fsp3) is 0.308. The number of ether oxygens (including phenoxy) is 1. The molecule has 3 nitrogen and oxygen atoms in total. The van der Waals surface area contributed by atoms with Gasteiger partial charge in [0.25, 0.3) is 0 Å². The van der Waals surface area contributed by atoms with Gasteiger partial charge in [-0.05, 0) is 12.5 Å². The second-order valence-electron chi connectivity index (χ2n) is 3.62. The minimum atomic E-state index is 0.694. The number of rotatable bonds is 5. The molecule has 0 spiro atoms. The Balaban J connectivity index is 1.80. The molecule has 0 radical (unpaired) electrons. The first kappa shape index (κ1) is 10.7. The Hall–Kier alpha value is -1.77. The smallest absolute Gasteiger partial charge is 0.157 e.